The molecule has 84 valence electrons. The van der Waals surface area contributed by atoms with E-state index in [1.165, 1.54) is 19.1 Å². The normalized spacial score (nSPS) is 11.6. The number of benzene rings is 1. The van der Waals surface area contributed by atoms with Crippen LogP contribution in [-0.4, -0.2) is 17.7 Å². The molecule has 1 N–H and O–H groups in total. The lowest BCUT2D eigenvalue weighted by atomic mass is 10.2. The Kier molecular flexibility index (Phi) is 3.84. The maximum absolute atomic E-state index is 13.1. The van der Waals surface area contributed by atoms with E-state index in [1.807, 2.05) is 0 Å². The Morgan fingerprint density at radius 3 is 2.94 bits per heavy atom. The average Bonchev–Trinajstić information content (AvgIpc) is 2.25. The maximum Gasteiger partial charge on any atom is 0.309 e. The number of nitriles is 1. The zero-order valence-corrected chi connectivity index (χ0v) is 8.61. The predicted octanol–water partition coefficient (Wildman–Crippen LogP) is 1.80. The first-order valence-corrected chi connectivity index (χ1v) is 4.60. The summed E-state index contributed by atoms with van der Waals surface area (Å²) in [6.07, 6.45) is 0. The molecule has 1 unspecified atom stereocenters. The molecule has 0 saturated carbocycles. The molecule has 1 aromatic carbocycles. The predicted molar refractivity (Wildman–Crippen MR) is 53.4 cm³/mol. The summed E-state index contributed by atoms with van der Waals surface area (Å²) >= 11 is 0. The first-order chi connectivity index (χ1) is 7.56. The quantitative estimate of drug-likeness (QED) is 0.844. The monoisotopic (exact) mass is 223 g/mol. The highest BCUT2D eigenvalue weighted by atomic mass is 19.1. The van der Waals surface area contributed by atoms with Crippen LogP contribution >= 0.6 is 0 Å². The number of carboxylic acid groups (broad SMARTS) is 1. The number of rotatable bonds is 4. The van der Waals surface area contributed by atoms with E-state index in [0.29, 0.717) is 0 Å². The number of carbonyl (C=O) groups is 1. The molecule has 0 heterocycles. The van der Waals surface area contributed by atoms with Crippen LogP contribution in [0.5, 0.6) is 5.75 Å². The molecule has 5 heteroatoms. The SMILES string of the molecule is CC(COc1cccc(F)c1C#N)C(=O)O. The van der Waals surface area contributed by atoms with Gasteiger partial charge in [0.2, 0.25) is 0 Å². The molecule has 4 nitrogen and oxygen atoms in total. The molecule has 0 aliphatic rings. The smallest absolute Gasteiger partial charge is 0.309 e. The summed E-state index contributed by atoms with van der Waals surface area (Å²) in [4.78, 5) is 10.5. The van der Waals surface area contributed by atoms with E-state index in [2.05, 4.69) is 0 Å². The van der Waals surface area contributed by atoms with Gasteiger partial charge in [0.25, 0.3) is 0 Å². The van der Waals surface area contributed by atoms with Crippen LogP contribution < -0.4 is 4.74 Å². The Labute approximate surface area is 91.9 Å². The fourth-order valence-corrected chi connectivity index (χ4v) is 1.02. The van der Waals surface area contributed by atoms with Crippen LogP contribution in [0.1, 0.15) is 12.5 Å². The molecule has 1 rings (SSSR count). The van der Waals surface area contributed by atoms with Crippen molar-refractivity contribution in [3.8, 4) is 11.8 Å². The standard InChI is InChI=1S/C11H10FNO3/c1-7(11(14)15)6-16-10-4-2-3-9(12)8(10)5-13/h2-4,7H,6H2,1H3,(H,14,15). The van der Waals surface area contributed by atoms with Gasteiger partial charge in [-0.2, -0.15) is 5.26 Å². The number of aliphatic carboxylic acids is 1. The van der Waals surface area contributed by atoms with Crippen LogP contribution in [0.4, 0.5) is 4.39 Å². The molecule has 1 aromatic rings. The number of carboxylic acids is 1. The maximum atomic E-state index is 13.1. The van der Waals surface area contributed by atoms with E-state index in [4.69, 9.17) is 15.1 Å². The average molecular weight is 223 g/mol. The second kappa shape index (κ2) is 5.12. The molecule has 16 heavy (non-hydrogen) atoms. The van der Waals surface area contributed by atoms with E-state index in [-0.39, 0.29) is 17.9 Å². The lowest BCUT2D eigenvalue weighted by Crippen LogP contribution is -2.18. The van der Waals surface area contributed by atoms with Gasteiger partial charge in [0, 0.05) is 0 Å². The number of hydrogen-bond acceptors (Lipinski definition) is 3. The zero-order valence-electron chi connectivity index (χ0n) is 8.61. The molecule has 0 radical (unpaired) electrons. The second-order valence-corrected chi connectivity index (χ2v) is 3.28. The summed E-state index contributed by atoms with van der Waals surface area (Å²) in [5.74, 6) is -2.33. The summed E-state index contributed by atoms with van der Waals surface area (Å²) < 4.78 is 18.2. The van der Waals surface area contributed by atoms with Crippen molar-refractivity contribution in [2.45, 2.75) is 6.92 Å². The van der Waals surface area contributed by atoms with Crippen LogP contribution in [0.25, 0.3) is 0 Å². The van der Waals surface area contributed by atoms with Gasteiger partial charge < -0.3 is 9.84 Å². The van der Waals surface area contributed by atoms with Crippen molar-refractivity contribution < 1.29 is 19.0 Å². The third-order valence-corrected chi connectivity index (χ3v) is 2.00. The third-order valence-electron chi connectivity index (χ3n) is 2.00. The summed E-state index contributed by atoms with van der Waals surface area (Å²) in [5.41, 5.74) is -0.208. The largest absolute Gasteiger partial charge is 0.491 e. The van der Waals surface area contributed by atoms with Crippen LogP contribution in [-0.2, 0) is 4.79 Å². The van der Waals surface area contributed by atoms with Crippen molar-refractivity contribution in [3.63, 3.8) is 0 Å². The lowest BCUT2D eigenvalue weighted by Gasteiger charge is -2.10. The van der Waals surface area contributed by atoms with Crippen molar-refractivity contribution in [1.29, 1.82) is 5.26 Å². The highest BCUT2D eigenvalue weighted by Crippen LogP contribution is 2.20. The fraction of sp³-hybridized carbons (Fsp3) is 0.273. The van der Waals surface area contributed by atoms with Gasteiger partial charge >= 0.3 is 5.97 Å². The van der Waals surface area contributed by atoms with E-state index in [0.717, 1.165) is 6.07 Å². The van der Waals surface area contributed by atoms with Gasteiger partial charge in [-0.25, -0.2) is 4.39 Å². The van der Waals surface area contributed by atoms with E-state index < -0.39 is 17.7 Å². The number of ether oxygens (including phenoxy) is 1. The van der Waals surface area contributed by atoms with Crippen LogP contribution in [0.15, 0.2) is 18.2 Å². The molecule has 0 spiro atoms. The molecule has 0 aromatic heterocycles. The Hall–Kier alpha value is -2.09. The summed E-state index contributed by atoms with van der Waals surface area (Å²) in [6.45, 7) is 1.36. The molecule has 0 aliphatic carbocycles. The summed E-state index contributed by atoms with van der Waals surface area (Å²) in [6, 6.07) is 5.64. The van der Waals surface area contributed by atoms with E-state index >= 15 is 0 Å². The fourth-order valence-electron chi connectivity index (χ4n) is 1.02. The number of nitrogens with zero attached hydrogens (tertiary/aromatic N) is 1. The number of hydrogen-bond donors (Lipinski definition) is 1. The summed E-state index contributed by atoms with van der Waals surface area (Å²) in [7, 11) is 0. The minimum absolute atomic E-state index is 0.0654. The first-order valence-electron chi connectivity index (χ1n) is 4.60. The molecular weight excluding hydrogens is 213 g/mol. The van der Waals surface area contributed by atoms with Gasteiger partial charge in [0.05, 0.1) is 5.92 Å². The third kappa shape index (κ3) is 2.70. The molecule has 0 fully saturated rings. The van der Waals surface area contributed by atoms with Crippen molar-refractivity contribution in [2.24, 2.45) is 5.92 Å². The number of halogens is 1. The Morgan fingerprint density at radius 2 is 2.38 bits per heavy atom. The zero-order chi connectivity index (χ0) is 12.1. The highest BCUT2D eigenvalue weighted by molar-refractivity contribution is 5.69. The van der Waals surface area contributed by atoms with E-state index in [1.54, 1.807) is 6.07 Å². The van der Waals surface area contributed by atoms with Crippen molar-refractivity contribution >= 4 is 5.97 Å². The first kappa shape index (κ1) is 12.0. The van der Waals surface area contributed by atoms with Crippen molar-refractivity contribution in [3.05, 3.63) is 29.6 Å². The Bertz CT molecular complexity index is 439. The summed E-state index contributed by atoms with van der Waals surface area (Å²) in [5, 5.41) is 17.3. The van der Waals surface area contributed by atoms with Gasteiger partial charge in [-0.3, -0.25) is 4.79 Å². The highest BCUT2D eigenvalue weighted by Gasteiger charge is 2.14. The van der Waals surface area contributed by atoms with Crippen LogP contribution in [0.2, 0.25) is 0 Å². The van der Waals surface area contributed by atoms with Gasteiger partial charge in [0.1, 0.15) is 29.8 Å². The second-order valence-electron chi connectivity index (χ2n) is 3.28. The van der Waals surface area contributed by atoms with Crippen LogP contribution in [0.3, 0.4) is 0 Å². The molecular formula is C11H10FNO3. The van der Waals surface area contributed by atoms with Gasteiger partial charge in [0.15, 0.2) is 0 Å². The van der Waals surface area contributed by atoms with E-state index in [9.17, 15) is 9.18 Å². The Morgan fingerprint density at radius 1 is 1.69 bits per heavy atom. The van der Waals surface area contributed by atoms with Gasteiger partial charge in [-0.1, -0.05) is 6.07 Å². The Balaban J connectivity index is 2.79. The lowest BCUT2D eigenvalue weighted by molar-refractivity contribution is -0.142. The minimum Gasteiger partial charge on any atom is -0.491 e. The van der Waals surface area contributed by atoms with Crippen molar-refractivity contribution in [2.75, 3.05) is 6.61 Å². The molecule has 0 aliphatic heterocycles. The van der Waals surface area contributed by atoms with Gasteiger partial charge in [-0.15, -0.1) is 0 Å². The minimum atomic E-state index is -1.00. The molecule has 1 atom stereocenters. The molecule has 0 bridgehead atoms. The van der Waals surface area contributed by atoms with Crippen molar-refractivity contribution in [1.82, 2.24) is 0 Å². The molecule has 0 saturated heterocycles. The van der Waals surface area contributed by atoms with Gasteiger partial charge in [-0.05, 0) is 19.1 Å². The molecule has 0 amide bonds. The van der Waals surface area contributed by atoms with Crippen LogP contribution in [0, 0.1) is 23.1 Å². The topological polar surface area (TPSA) is 70.3 Å².